The number of hydrogen-bond acceptors (Lipinski definition) is 5. The molecule has 3 aromatic rings. The largest absolute Gasteiger partial charge is 0.241 e. The van der Waals surface area contributed by atoms with E-state index in [0.717, 1.165) is 10.3 Å². The zero-order chi connectivity index (χ0) is 11.1. The smallest absolute Gasteiger partial charge is 0.217 e. The minimum absolute atomic E-state index is 0.520. The Morgan fingerprint density at radius 3 is 3.00 bits per heavy atom. The van der Waals surface area contributed by atoms with E-state index < -0.39 is 0 Å². The Morgan fingerprint density at radius 1 is 1.38 bits per heavy atom. The highest BCUT2D eigenvalue weighted by atomic mass is 32.1. The van der Waals surface area contributed by atoms with Gasteiger partial charge in [-0.25, -0.2) is 9.67 Å². The first-order chi connectivity index (χ1) is 7.74. The first kappa shape index (κ1) is 10.1. The number of fused-ring (bicyclic) bond motifs is 1. The first-order valence-corrected chi connectivity index (χ1v) is 6.73. The summed E-state index contributed by atoms with van der Waals surface area (Å²) in [6.45, 7) is 0. The van der Waals surface area contributed by atoms with Crippen molar-refractivity contribution in [3.05, 3.63) is 28.4 Å². The number of aromatic nitrogens is 3. The molecular formula is C10H7N3S3. The second-order valence-electron chi connectivity index (χ2n) is 3.30. The summed E-state index contributed by atoms with van der Waals surface area (Å²) in [4.78, 5) is 7.70. The van der Waals surface area contributed by atoms with Gasteiger partial charge in [-0.1, -0.05) is 6.07 Å². The van der Waals surface area contributed by atoms with E-state index in [1.165, 1.54) is 9.75 Å². The van der Waals surface area contributed by atoms with Crippen LogP contribution in [0.1, 0.15) is 0 Å². The summed E-state index contributed by atoms with van der Waals surface area (Å²) in [6.07, 6.45) is 0. The van der Waals surface area contributed by atoms with E-state index in [1.807, 2.05) is 13.1 Å². The normalized spacial score (nSPS) is 11.1. The first-order valence-electron chi connectivity index (χ1n) is 4.63. The standard InChI is InChI=1S/C10H7N3S3/c1-13-10(14)11-9-6(12-13)5-8(16-9)7-3-2-4-15-7/h2-5H,1H3. The molecular weight excluding hydrogens is 258 g/mol. The van der Waals surface area contributed by atoms with Crippen LogP contribution in [0.5, 0.6) is 0 Å². The van der Waals surface area contributed by atoms with Crippen LogP contribution in [0.3, 0.4) is 0 Å². The zero-order valence-electron chi connectivity index (χ0n) is 8.38. The van der Waals surface area contributed by atoms with Crippen LogP contribution in [-0.2, 0) is 7.05 Å². The van der Waals surface area contributed by atoms with Crippen molar-refractivity contribution in [2.45, 2.75) is 0 Å². The van der Waals surface area contributed by atoms with Crippen LogP contribution in [0.15, 0.2) is 23.6 Å². The van der Waals surface area contributed by atoms with Crippen molar-refractivity contribution in [3.8, 4) is 9.75 Å². The van der Waals surface area contributed by atoms with Crippen LogP contribution >= 0.6 is 34.9 Å². The summed E-state index contributed by atoms with van der Waals surface area (Å²) >= 11 is 8.44. The second-order valence-corrected chi connectivity index (χ2v) is 5.64. The molecule has 3 rings (SSSR count). The molecule has 0 unspecified atom stereocenters. The number of rotatable bonds is 1. The topological polar surface area (TPSA) is 30.7 Å². The number of nitrogens with zero attached hydrogens (tertiary/aromatic N) is 3. The molecule has 80 valence electrons. The Kier molecular flexibility index (Phi) is 2.34. The van der Waals surface area contributed by atoms with Gasteiger partial charge in [0.2, 0.25) is 4.77 Å². The van der Waals surface area contributed by atoms with Gasteiger partial charge in [0.25, 0.3) is 0 Å². The van der Waals surface area contributed by atoms with Crippen molar-refractivity contribution in [2.75, 3.05) is 0 Å². The average Bonchev–Trinajstić information content (AvgIpc) is 2.86. The van der Waals surface area contributed by atoms with Crippen LogP contribution in [0, 0.1) is 4.77 Å². The fraction of sp³-hybridized carbons (Fsp3) is 0.100. The van der Waals surface area contributed by atoms with Crippen molar-refractivity contribution >= 4 is 45.2 Å². The molecule has 16 heavy (non-hydrogen) atoms. The maximum absolute atomic E-state index is 5.09. The number of hydrogen-bond donors (Lipinski definition) is 0. The van der Waals surface area contributed by atoms with Crippen molar-refractivity contribution in [1.82, 2.24) is 14.8 Å². The Morgan fingerprint density at radius 2 is 2.25 bits per heavy atom. The Bertz CT molecular complexity index is 694. The highest BCUT2D eigenvalue weighted by Gasteiger charge is 2.07. The Labute approximate surface area is 105 Å². The third-order valence-electron chi connectivity index (χ3n) is 2.19. The minimum atomic E-state index is 0.520. The minimum Gasteiger partial charge on any atom is -0.241 e. The van der Waals surface area contributed by atoms with Gasteiger partial charge in [0.05, 0.1) is 0 Å². The molecule has 0 amide bonds. The van der Waals surface area contributed by atoms with Crippen molar-refractivity contribution in [1.29, 1.82) is 0 Å². The van der Waals surface area contributed by atoms with Crippen LogP contribution in [-0.4, -0.2) is 14.8 Å². The maximum atomic E-state index is 5.09. The predicted octanol–water partition coefficient (Wildman–Crippen LogP) is 3.49. The fourth-order valence-electron chi connectivity index (χ4n) is 1.43. The average molecular weight is 265 g/mol. The summed E-state index contributed by atoms with van der Waals surface area (Å²) < 4.78 is 2.15. The molecule has 0 aromatic carbocycles. The van der Waals surface area contributed by atoms with Gasteiger partial charge in [-0.2, -0.15) is 5.10 Å². The Hall–Kier alpha value is -1.11. The molecule has 0 aliphatic rings. The van der Waals surface area contributed by atoms with Crippen LogP contribution in [0.2, 0.25) is 0 Å². The molecule has 0 saturated heterocycles. The SMILES string of the molecule is Cn1nc2cc(-c3cccs3)sc2nc1=S. The van der Waals surface area contributed by atoms with Crippen LogP contribution in [0.4, 0.5) is 0 Å². The van der Waals surface area contributed by atoms with E-state index in [-0.39, 0.29) is 0 Å². The monoisotopic (exact) mass is 265 g/mol. The molecule has 0 bridgehead atoms. The van der Waals surface area contributed by atoms with Gasteiger partial charge in [0.15, 0.2) is 0 Å². The summed E-state index contributed by atoms with van der Waals surface area (Å²) in [7, 11) is 1.82. The lowest BCUT2D eigenvalue weighted by Crippen LogP contribution is -1.99. The van der Waals surface area contributed by atoms with Crippen molar-refractivity contribution in [3.63, 3.8) is 0 Å². The second kappa shape index (κ2) is 3.73. The molecule has 0 radical (unpaired) electrons. The van der Waals surface area contributed by atoms with Crippen molar-refractivity contribution in [2.24, 2.45) is 7.05 Å². The number of aryl methyl sites for hydroxylation is 1. The Balaban J connectivity index is 2.27. The summed E-state index contributed by atoms with van der Waals surface area (Å²) in [5.41, 5.74) is 0.907. The highest BCUT2D eigenvalue weighted by Crippen LogP contribution is 2.33. The zero-order valence-corrected chi connectivity index (χ0v) is 10.8. The van der Waals surface area contributed by atoms with Gasteiger partial charge in [-0.05, 0) is 29.7 Å². The van der Waals surface area contributed by atoms with Crippen LogP contribution < -0.4 is 0 Å². The predicted molar refractivity (Wildman–Crippen MR) is 70.5 cm³/mol. The lowest BCUT2D eigenvalue weighted by Gasteiger charge is -1.94. The van der Waals surface area contributed by atoms with Crippen LogP contribution in [0.25, 0.3) is 20.1 Å². The lowest BCUT2D eigenvalue weighted by atomic mass is 10.4. The molecule has 0 spiro atoms. The van der Waals surface area contributed by atoms with E-state index in [9.17, 15) is 0 Å². The molecule has 3 heterocycles. The van der Waals surface area contributed by atoms with Gasteiger partial charge < -0.3 is 0 Å². The van der Waals surface area contributed by atoms with Gasteiger partial charge >= 0.3 is 0 Å². The maximum Gasteiger partial charge on any atom is 0.217 e. The van der Waals surface area contributed by atoms with E-state index in [0.29, 0.717) is 4.77 Å². The third kappa shape index (κ3) is 1.59. The van der Waals surface area contributed by atoms with E-state index >= 15 is 0 Å². The van der Waals surface area contributed by atoms with Crippen molar-refractivity contribution < 1.29 is 0 Å². The number of thiophene rings is 2. The molecule has 6 heteroatoms. The quantitative estimate of drug-likeness (QED) is 0.631. The molecule has 3 nitrogen and oxygen atoms in total. The lowest BCUT2D eigenvalue weighted by molar-refractivity contribution is 0.722. The summed E-state index contributed by atoms with van der Waals surface area (Å²) in [6, 6.07) is 6.21. The third-order valence-corrected chi connectivity index (χ3v) is 4.63. The molecule has 0 saturated carbocycles. The van der Waals surface area contributed by atoms with E-state index in [4.69, 9.17) is 12.2 Å². The van der Waals surface area contributed by atoms with Gasteiger partial charge in [0.1, 0.15) is 10.3 Å². The molecule has 0 N–H and O–H groups in total. The fourth-order valence-corrected chi connectivity index (χ4v) is 3.41. The molecule has 3 aromatic heterocycles. The van der Waals surface area contributed by atoms with E-state index in [1.54, 1.807) is 27.4 Å². The molecule has 0 fully saturated rings. The molecule has 0 aliphatic heterocycles. The summed E-state index contributed by atoms with van der Waals surface area (Å²) in [5.74, 6) is 0. The van der Waals surface area contributed by atoms with Gasteiger partial charge in [0, 0.05) is 16.8 Å². The van der Waals surface area contributed by atoms with Gasteiger partial charge in [-0.15, -0.1) is 22.7 Å². The summed E-state index contributed by atoms with van der Waals surface area (Å²) in [5, 5.41) is 6.44. The molecule has 0 atom stereocenters. The van der Waals surface area contributed by atoms with E-state index in [2.05, 4.69) is 27.6 Å². The van der Waals surface area contributed by atoms with Gasteiger partial charge in [-0.3, -0.25) is 0 Å². The molecule has 0 aliphatic carbocycles. The highest BCUT2D eigenvalue weighted by molar-refractivity contribution is 7.71.